The number of fused-ring (bicyclic) bond motifs is 1. The largest absolute Gasteiger partial charge is 0.478 e. The quantitative estimate of drug-likeness (QED) is 0.838. The molecule has 0 aliphatic carbocycles. The number of rotatable bonds is 2. The van der Waals surface area contributed by atoms with E-state index >= 15 is 0 Å². The summed E-state index contributed by atoms with van der Waals surface area (Å²) in [5.74, 6) is 0.475. The van der Waals surface area contributed by atoms with Crippen LogP contribution >= 0.6 is 11.6 Å². The summed E-state index contributed by atoms with van der Waals surface area (Å²) in [6.45, 7) is 1.97. The molecule has 0 bridgehead atoms. The van der Waals surface area contributed by atoms with E-state index in [0.717, 1.165) is 11.1 Å². The van der Waals surface area contributed by atoms with Gasteiger partial charge < -0.3 is 15.8 Å². The summed E-state index contributed by atoms with van der Waals surface area (Å²) in [6, 6.07) is 10.8. The smallest absolute Gasteiger partial charge is 0.265 e. The van der Waals surface area contributed by atoms with Crippen molar-refractivity contribution in [1.82, 2.24) is 0 Å². The van der Waals surface area contributed by atoms with Crippen molar-refractivity contribution in [3.63, 3.8) is 0 Å². The molecule has 0 spiro atoms. The van der Waals surface area contributed by atoms with E-state index in [-0.39, 0.29) is 5.91 Å². The van der Waals surface area contributed by atoms with Crippen LogP contribution in [0.4, 0.5) is 11.4 Å². The first-order valence-corrected chi connectivity index (χ1v) is 7.03. The highest BCUT2D eigenvalue weighted by molar-refractivity contribution is 6.30. The zero-order valence-corrected chi connectivity index (χ0v) is 12.3. The summed E-state index contributed by atoms with van der Waals surface area (Å²) < 4.78 is 5.79. The van der Waals surface area contributed by atoms with Gasteiger partial charge in [-0.25, -0.2) is 0 Å². The number of benzene rings is 2. The van der Waals surface area contributed by atoms with E-state index in [1.807, 2.05) is 25.1 Å². The van der Waals surface area contributed by atoms with Crippen LogP contribution in [-0.2, 0) is 11.2 Å². The molecule has 5 heteroatoms. The zero-order valence-electron chi connectivity index (χ0n) is 11.5. The van der Waals surface area contributed by atoms with E-state index in [0.29, 0.717) is 28.6 Å². The number of ether oxygens (including phenoxy) is 1. The van der Waals surface area contributed by atoms with Crippen molar-refractivity contribution < 1.29 is 9.53 Å². The van der Waals surface area contributed by atoms with Gasteiger partial charge >= 0.3 is 0 Å². The van der Waals surface area contributed by atoms with Crippen LogP contribution in [0.3, 0.4) is 0 Å². The molecular weight excluding hydrogens is 288 g/mol. The van der Waals surface area contributed by atoms with Gasteiger partial charge in [-0.05, 0) is 48.4 Å². The highest BCUT2D eigenvalue weighted by Crippen LogP contribution is 2.32. The molecule has 21 heavy (non-hydrogen) atoms. The minimum Gasteiger partial charge on any atom is -0.478 e. The van der Waals surface area contributed by atoms with Gasteiger partial charge in [-0.1, -0.05) is 17.7 Å². The van der Waals surface area contributed by atoms with Gasteiger partial charge in [0.1, 0.15) is 5.75 Å². The Hall–Kier alpha value is -2.20. The minimum absolute atomic E-state index is 0.164. The fourth-order valence-electron chi connectivity index (χ4n) is 2.39. The van der Waals surface area contributed by atoms with Crippen molar-refractivity contribution >= 4 is 28.9 Å². The Labute approximate surface area is 127 Å². The Morgan fingerprint density at radius 2 is 2.10 bits per heavy atom. The second kappa shape index (κ2) is 5.30. The molecule has 2 aromatic rings. The molecule has 0 aromatic heterocycles. The van der Waals surface area contributed by atoms with Crippen LogP contribution in [0.5, 0.6) is 5.75 Å². The maximum atomic E-state index is 12.1. The molecule has 108 valence electrons. The number of aryl methyl sites for hydroxylation is 1. The molecular formula is C16H15ClN2O2. The summed E-state index contributed by atoms with van der Waals surface area (Å²) in [7, 11) is 0. The number of carbonyl (C=O) groups is 1. The predicted molar refractivity (Wildman–Crippen MR) is 83.8 cm³/mol. The van der Waals surface area contributed by atoms with E-state index in [1.54, 1.807) is 18.2 Å². The van der Waals surface area contributed by atoms with E-state index in [4.69, 9.17) is 22.1 Å². The van der Waals surface area contributed by atoms with Gasteiger partial charge in [0.15, 0.2) is 6.10 Å². The van der Waals surface area contributed by atoms with Gasteiger partial charge in [0.05, 0.1) is 5.69 Å². The molecule has 1 aliphatic heterocycles. The number of carbonyl (C=O) groups excluding carboxylic acids is 1. The molecule has 0 saturated heterocycles. The molecule has 0 fully saturated rings. The topological polar surface area (TPSA) is 64.3 Å². The first-order valence-electron chi connectivity index (χ1n) is 6.65. The van der Waals surface area contributed by atoms with Crippen LogP contribution in [-0.4, -0.2) is 12.0 Å². The molecule has 3 N–H and O–H groups in total. The third kappa shape index (κ3) is 2.81. The third-order valence-electron chi connectivity index (χ3n) is 3.53. The summed E-state index contributed by atoms with van der Waals surface area (Å²) in [6.07, 6.45) is -0.0560. The lowest BCUT2D eigenvalue weighted by molar-refractivity contribution is -0.123. The highest BCUT2D eigenvalue weighted by Gasteiger charge is 2.28. The summed E-state index contributed by atoms with van der Waals surface area (Å²) in [5.41, 5.74) is 8.99. The Morgan fingerprint density at radius 1 is 1.29 bits per heavy atom. The second-order valence-electron chi connectivity index (χ2n) is 5.13. The predicted octanol–water partition coefficient (Wildman–Crippen LogP) is 3.17. The Bertz CT molecular complexity index is 715. The van der Waals surface area contributed by atoms with Crippen LogP contribution in [0.2, 0.25) is 5.02 Å². The Morgan fingerprint density at radius 3 is 2.86 bits per heavy atom. The van der Waals surface area contributed by atoms with Crippen LogP contribution in [0.25, 0.3) is 0 Å². The highest BCUT2D eigenvalue weighted by atomic mass is 35.5. The second-order valence-corrected chi connectivity index (χ2v) is 5.56. The molecule has 1 aliphatic rings. The van der Waals surface area contributed by atoms with Gasteiger partial charge in [-0.2, -0.15) is 0 Å². The van der Waals surface area contributed by atoms with Crippen molar-refractivity contribution in [3.8, 4) is 5.75 Å². The lowest BCUT2D eigenvalue weighted by Gasteiger charge is -2.26. The summed E-state index contributed by atoms with van der Waals surface area (Å²) >= 11 is 5.95. The number of halogens is 1. The van der Waals surface area contributed by atoms with Gasteiger partial charge in [0.25, 0.3) is 5.91 Å². The SMILES string of the molecule is Cc1cc(Cl)ccc1CC1Oc2ccc(N)cc2NC1=O. The average molecular weight is 303 g/mol. The first kappa shape index (κ1) is 13.8. The number of anilines is 2. The van der Waals surface area contributed by atoms with Crippen molar-refractivity contribution in [2.45, 2.75) is 19.4 Å². The van der Waals surface area contributed by atoms with Gasteiger partial charge in [0, 0.05) is 17.1 Å². The molecule has 1 amide bonds. The number of nitrogens with two attached hydrogens (primary N) is 1. The Balaban J connectivity index is 1.84. The normalized spacial score (nSPS) is 16.9. The van der Waals surface area contributed by atoms with Gasteiger partial charge in [-0.3, -0.25) is 4.79 Å². The van der Waals surface area contributed by atoms with Crippen LogP contribution in [0.15, 0.2) is 36.4 Å². The van der Waals surface area contributed by atoms with Crippen molar-refractivity contribution in [2.75, 3.05) is 11.1 Å². The van der Waals surface area contributed by atoms with Crippen LogP contribution in [0.1, 0.15) is 11.1 Å². The zero-order chi connectivity index (χ0) is 15.0. The van der Waals surface area contributed by atoms with Crippen LogP contribution in [0, 0.1) is 6.92 Å². The third-order valence-corrected chi connectivity index (χ3v) is 3.77. The van der Waals surface area contributed by atoms with E-state index in [9.17, 15) is 4.79 Å². The molecule has 1 heterocycles. The van der Waals surface area contributed by atoms with Crippen molar-refractivity contribution in [1.29, 1.82) is 0 Å². The maximum absolute atomic E-state index is 12.1. The number of amides is 1. The average Bonchev–Trinajstić information content (AvgIpc) is 2.42. The number of hydrogen-bond donors (Lipinski definition) is 2. The van der Waals surface area contributed by atoms with Crippen molar-refractivity contribution in [2.24, 2.45) is 0 Å². The standard InChI is InChI=1S/C16H15ClN2O2/c1-9-6-11(17)3-2-10(9)7-15-16(20)19-13-8-12(18)4-5-14(13)21-15/h2-6,8,15H,7,18H2,1H3,(H,19,20). The first-order chi connectivity index (χ1) is 10.0. The van der Waals surface area contributed by atoms with E-state index in [1.165, 1.54) is 0 Å². The Kier molecular flexibility index (Phi) is 3.47. The molecule has 1 unspecified atom stereocenters. The number of nitrogens with one attached hydrogen (secondary N) is 1. The number of hydrogen-bond acceptors (Lipinski definition) is 3. The fraction of sp³-hybridized carbons (Fsp3) is 0.188. The minimum atomic E-state index is -0.555. The number of nitrogen functional groups attached to an aromatic ring is 1. The molecule has 0 radical (unpaired) electrons. The monoisotopic (exact) mass is 302 g/mol. The summed E-state index contributed by atoms with van der Waals surface area (Å²) in [4.78, 5) is 12.1. The van der Waals surface area contributed by atoms with Gasteiger partial charge in [0.2, 0.25) is 0 Å². The van der Waals surface area contributed by atoms with Crippen LogP contribution < -0.4 is 15.8 Å². The molecule has 4 nitrogen and oxygen atoms in total. The molecule has 1 atom stereocenters. The van der Waals surface area contributed by atoms with Gasteiger partial charge in [-0.15, -0.1) is 0 Å². The fourth-order valence-corrected chi connectivity index (χ4v) is 2.62. The summed E-state index contributed by atoms with van der Waals surface area (Å²) in [5, 5.41) is 3.52. The maximum Gasteiger partial charge on any atom is 0.265 e. The van der Waals surface area contributed by atoms with E-state index in [2.05, 4.69) is 5.32 Å². The lowest BCUT2D eigenvalue weighted by Crippen LogP contribution is -2.38. The molecule has 0 saturated carbocycles. The molecule has 3 rings (SSSR count). The van der Waals surface area contributed by atoms with Crippen molar-refractivity contribution in [3.05, 3.63) is 52.5 Å². The molecule has 2 aromatic carbocycles. The lowest BCUT2D eigenvalue weighted by atomic mass is 10.0. The van der Waals surface area contributed by atoms with E-state index < -0.39 is 6.10 Å².